The summed E-state index contributed by atoms with van der Waals surface area (Å²) in [6.45, 7) is 6.57. The van der Waals surface area contributed by atoms with Gasteiger partial charge in [-0.15, -0.1) is 0 Å². The van der Waals surface area contributed by atoms with Crippen LogP contribution in [0.5, 0.6) is 0 Å². The summed E-state index contributed by atoms with van der Waals surface area (Å²) >= 11 is 0. The Bertz CT molecular complexity index is 319. The average Bonchev–Trinajstić information content (AvgIpc) is 2.76. The van der Waals surface area contributed by atoms with Crippen molar-refractivity contribution in [3.05, 3.63) is 11.6 Å². The van der Waals surface area contributed by atoms with Gasteiger partial charge in [-0.1, -0.05) is 0 Å². The normalized spacial score (nSPS) is 19.9. The van der Waals surface area contributed by atoms with Gasteiger partial charge in [-0.2, -0.15) is 5.10 Å². The van der Waals surface area contributed by atoms with E-state index in [0.717, 1.165) is 45.1 Å². The smallest absolute Gasteiger partial charge is 0.167 e. The first-order valence-corrected chi connectivity index (χ1v) is 5.72. The molecule has 6 heteroatoms. The number of rotatable bonds is 4. The van der Waals surface area contributed by atoms with Crippen molar-refractivity contribution in [1.82, 2.24) is 20.1 Å². The van der Waals surface area contributed by atoms with Crippen molar-refractivity contribution in [2.45, 2.75) is 19.4 Å². The van der Waals surface area contributed by atoms with E-state index in [1.807, 2.05) is 6.92 Å². The van der Waals surface area contributed by atoms with Crippen LogP contribution in [0.4, 0.5) is 0 Å². The van der Waals surface area contributed by atoms with Crippen LogP contribution in [0.3, 0.4) is 0 Å². The van der Waals surface area contributed by atoms with Crippen LogP contribution < -0.4 is 5.73 Å². The van der Waals surface area contributed by atoms with Gasteiger partial charge in [0.05, 0.1) is 19.3 Å². The van der Waals surface area contributed by atoms with Gasteiger partial charge in [0.25, 0.3) is 0 Å². The Morgan fingerprint density at radius 3 is 2.88 bits per heavy atom. The zero-order chi connectivity index (χ0) is 11.4. The zero-order valence-corrected chi connectivity index (χ0v) is 9.65. The number of aromatic nitrogens is 3. The summed E-state index contributed by atoms with van der Waals surface area (Å²) in [7, 11) is 0. The summed E-state index contributed by atoms with van der Waals surface area (Å²) in [4.78, 5) is 6.72. The van der Waals surface area contributed by atoms with Crippen LogP contribution >= 0.6 is 0 Å². The van der Waals surface area contributed by atoms with Gasteiger partial charge in [0.15, 0.2) is 5.82 Å². The van der Waals surface area contributed by atoms with E-state index < -0.39 is 0 Å². The number of morpholine rings is 1. The van der Waals surface area contributed by atoms with E-state index in [-0.39, 0.29) is 6.04 Å². The Balaban J connectivity index is 1.79. The van der Waals surface area contributed by atoms with Crippen molar-refractivity contribution in [3.8, 4) is 0 Å². The first kappa shape index (κ1) is 11.5. The maximum absolute atomic E-state index is 5.69. The van der Waals surface area contributed by atoms with Crippen LogP contribution in [0.25, 0.3) is 0 Å². The van der Waals surface area contributed by atoms with E-state index in [1.54, 1.807) is 0 Å². The molecule has 3 N–H and O–H groups in total. The summed E-state index contributed by atoms with van der Waals surface area (Å²) in [6.07, 6.45) is 0.889. The van der Waals surface area contributed by atoms with Crippen LogP contribution in [0.2, 0.25) is 0 Å². The van der Waals surface area contributed by atoms with E-state index >= 15 is 0 Å². The number of nitrogens with zero attached hydrogens (tertiary/aromatic N) is 3. The molecule has 1 aliphatic heterocycles. The highest BCUT2D eigenvalue weighted by atomic mass is 16.5. The Kier molecular flexibility index (Phi) is 3.87. The highest BCUT2D eigenvalue weighted by Crippen LogP contribution is 2.04. The molecule has 2 rings (SSSR count). The Labute approximate surface area is 95.2 Å². The molecule has 1 fully saturated rings. The van der Waals surface area contributed by atoms with Crippen molar-refractivity contribution in [2.24, 2.45) is 5.73 Å². The topological polar surface area (TPSA) is 80.1 Å². The number of hydrogen-bond acceptors (Lipinski definition) is 5. The second kappa shape index (κ2) is 5.38. The Hall–Kier alpha value is -0.980. The van der Waals surface area contributed by atoms with Gasteiger partial charge >= 0.3 is 0 Å². The first-order valence-electron chi connectivity index (χ1n) is 5.72. The number of hydrogen-bond donors (Lipinski definition) is 2. The standard InChI is InChI=1S/C10H19N5O/c1-8(11)10-12-9(13-14-10)2-3-15-4-6-16-7-5-15/h8H,2-7,11H2,1H3,(H,12,13,14). The molecular formula is C10H19N5O. The molecule has 1 aromatic heterocycles. The number of aromatic amines is 1. The second-order valence-electron chi connectivity index (χ2n) is 4.13. The lowest BCUT2D eigenvalue weighted by Crippen LogP contribution is -2.37. The molecule has 0 aliphatic carbocycles. The fourth-order valence-electron chi connectivity index (χ4n) is 1.71. The monoisotopic (exact) mass is 225 g/mol. The molecule has 1 unspecified atom stereocenters. The van der Waals surface area contributed by atoms with Gasteiger partial charge in [-0.25, -0.2) is 4.98 Å². The van der Waals surface area contributed by atoms with Gasteiger partial charge in [0, 0.05) is 26.1 Å². The molecule has 0 radical (unpaired) electrons. The summed E-state index contributed by atoms with van der Waals surface area (Å²) in [5.74, 6) is 1.61. The van der Waals surface area contributed by atoms with Crippen LogP contribution in [0.15, 0.2) is 0 Å². The number of ether oxygens (including phenoxy) is 1. The van der Waals surface area contributed by atoms with E-state index in [0.29, 0.717) is 5.82 Å². The maximum Gasteiger partial charge on any atom is 0.167 e. The molecule has 0 amide bonds. The minimum Gasteiger partial charge on any atom is -0.379 e. The van der Waals surface area contributed by atoms with Gasteiger partial charge < -0.3 is 10.5 Å². The Morgan fingerprint density at radius 2 is 2.25 bits per heavy atom. The van der Waals surface area contributed by atoms with Crippen LogP contribution in [-0.4, -0.2) is 52.9 Å². The fourth-order valence-corrected chi connectivity index (χ4v) is 1.71. The van der Waals surface area contributed by atoms with Crippen LogP contribution in [0.1, 0.15) is 24.6 Å². The minimum absolute atomic E-state index is 0.103. The number of nitrogens with one attached hydrogen (secondary N) is 1. The lowest BCUT2D eigenvalue weighted by atomic mass is 10.3. The maximum atomic E-state index is 5.69. The van der Waals surface area contributed by atoms with Crippen molar-refractivity contribution in [3.63, 3.8) is 0 Å². The van der Waals surface area contributed by atoms with Gasteiger partial charge in [-0.05, 0) is 6.92 Å². The molecule has 1 aromatic rings. The van der Waals surface area contributed by atoms with Gasteiger partial charge in [0.1, 0.15) is 5.82 Å². The van der Waals surface area contributed by atoms with Crippen molar-refractivity contribution in [1.29, 1.82) is 0 Å². The van der Waals surface area contributed by atoms with Crippen LogP contribution in [-0.2, 0) is 11.2 Å². The quantitative estimate of drug-likeness (QED) is 0.735. The minimum atomic E-state index is -0.103. The molecular weight excluding hydrogens is 206 g/mol. The molecule has 16 heavy (non-hydrogen) atoms. The third-order valence-electron chi connectivity index (χ3n) is 2.72. The average molecular weight is 225 g/mol. The third-order valence-corrected chi connectivity index (χ3v) is 2.72. The lowest BCUT2D eigenvalue weighted by molar-refractivity contribution is 0.0382. The van der Waals surface area contributed by atoms with E-state index in [1.165, 1.54) is 0 Å². The molecule has 1 aliphatic rings. The molecule has 1 atom stereocenters. The SMILES string of the molecule is CC(N)c1n[nH]c(CCN2CCOCC2)n1. The largest absolute Gasteiger partial charge is 0.379 e. The third kappa shape index (κ3) is 3.01. The summed E-state index contributed by atoms with van der Waals surface area (Å²) in [6, 6.07) is -0.103. The molecule has 0 spiro atoms. The summed E-state index contributed by atoms with van der Waals surface area (Å²) < 4.78 is 5.29. The molecule has 0 bridgehead atoms. The molecule has 0 aromatic carbocycles. The predicted octanol–water partition coefficient (Wildman–Crippen LogP) is -0.301. The molecule has 0 saturated carbocycles. The number of nitrogens with two attached hydrogens (primary N) is 1. The summed E-state index contributed by atoms with van der Waals surface area (Å²) in [5.41, 5.74) is 5.69. The molecule has 6 nitrogen and oxygen atoms in total. The van der Waals surface area contributed by atoms with Crippen molar-refractivity contribution < 1.29 is 4.74 Å². The van der Waals surface area contributed by atoms with E-state index in [2.05, 4.69) is 20.1 Å². The lowest BCUT2D eigenvalue weighted by Gasteiger charge is -2.25. The zero-order valence-electron chi connectivity index (χ0n) is 9.65. The number of H-pyrrole nitrogens is 1. The van der Waals surface area contributed by atoms with Crippen molar-refractivity contribution in [2.75, 3.05) is 32.8 Å². The Morgan fingerprint density at radius 1 is 1.50 bits per heavy atom. The highest BCUT2D eigenvalue weighted by molar-refractivity contribution is 4.94. The highest BCUT2D eigenvalue weighted by Gasteiger charge is 2.12. The second-order valence-corrected chi connectivity index (χ2v) is 4.13. The fraction of sp³-hybridized carbons (Fsp3) is 0.800. The molecule has 2 heterocycles. The van der Waals surface area contributed by atoms with Gasteiger partial charge in [-0.3, -0.25) is 10.00 Å². The van der Waals surface area contributed by atoms with Gasteiger partial charge in [0.2, 0.25) is 0 Å². The first-order chi connectivity index (χ1) is 7.75. The summed E-state index contributed by atoms with van der Waals surface area (Å²) in [5, 5.41) is 7.00. The van der Waals surface area contributed by atoms with Crippen molar-refractivity contribution >= 4 is 0 Å². The molecule has 90 valence electrons. The predicted molar refractivity (Wildman–Crippen MR) is 59.9 cm³/mol. The van der Waals surface area contributed by atoms with E-state index in [4.69, 9.17) is 10.5 Å². The molecule has 1 saturated heterocycles. The van der Waals surface area contributed by atoms with Crippen LogP contribution in [0, 0.1) is 0 Å². The van der Waals surface area contributed by atoms with E-state index in [9.17, 15) is 0 Å².